The Morgan fingerprint density at radius 1 is 1.25 bits per heavy atom. The van der Waals surface area contributed by atoms with E-state index in [0.717, 1.165) is 42.9 Å². The van der Waals surface area contributed by atoms with Crippen LogP contribution in [0.1, 0.15) is 27.9 Å². The van der Waals surface area contributed by atoms with Crippen molar-refractivity contribution in [2.75, 3.05) is 26.3 Å². The molecule has 0 radical (unpaired) electrons. The number of carbonyl (C=O) groups excluding carboxylic acids is 1. The molecule has 0 amide bonds. The lowest BCUT2D eigenvalue weighted by Crippen LogP contribution is -2.44. The zero-order valence-electron chi connectivity index (χ0n) is 13.6. The maximum absolute atomic E-state index is 11.8. The molecular weight excluding hydrogens is 306 g/mol. The molecule has 2 aromatic rings. The van der Waals surface area contributed by atoms with E-state index in [1.165, 1.54) is 5.56 Å². The van der Waals surface area contributed by atoms with Gasteiger partial charge in [0.15, 0.2) is 5.78 Å². The van der Waals surface area contributed by atoms with Crippen molar-refractivity contribution in [3.8, 4) is 5.75 Å². The Morgan fingerprint density at radius 2 is 2.21 bits per heavy atom. The molecule has 1 aliphatic carbocycles. The molecule has 0 spiro atoms. The van der Waals surface area contributed by atoms with E-state index in [1.54, 1.807) is 12.5 Å². The first kappa shape index (κ1) is 15.4. The predicted molar refractivity (Wildman–Crippen MR) is 88.3 cm³/mol. The van der Waals surface area contributed by atoms with Gasteiger partial charge in [0, 0.05) is 42.7 Å². The number of hydrogen-bond acceptors (Lipinski definition) is 5. The lowest BCUT2D eigenvalue weighted by Gasteiger charge is -2.32. The lowest BCUT2D eigenvalue weighted by atomic mass is 10.1. The summed E-state index contributed by atoms with van der Waals surface area (Å²) in [6.45, 7) is 3.82. The SMILES string of the molecule is O=C1CCc2c(OCC3CN(Cc4ccoc4)CCO3)cccc21. The standard InChI is InChI=1S/C19H21NO4/c21-18-5-4-17-16(18)2-1-3-19(17)24-13-15-11-20(7-9-23-15)10-14-6-8-22-12-14/h1-3,6,8,12,15H,4-5,7,9-11,13H2. The zero-order chi connectivity index (χ0) is 16.4. The second-order valence-corrected chi connectivity index (χ2v) is 6.38. The van der Waals surface area contributed by atoms with Crippen molar-refractivity contribution in [2.45, 2.75) is 25.5 Å². The number of fused-ring (bicyclic) bond motifs is 1. The van der Waals surface area contributed by atoms with Crippen LogP contribution in [0.25, 0.3) is 0 Å². The molecule has 1 aromatic heterocycles. The summed E-state index contributed by atoms with van der Waals surface area (Å²) in [6, 6.07) is 7.72. The average molecular weight is 327 g/mol. The van der Waals surface area contributed by atoms with Crippen LogP contribution < -0.4 is 4.74 Å². The largest absolute Gasteiger partial charge is 0.491 e. The Hall–Kier alpha value is -2.11. The van der Waals surface area contributed by atoms with E-state index in [1.807, 2.05) is 24.3 Å². The molecule has 0 saturated carbocycles. The van der Waals surface area contributed by atoms with E-state index in [9.17, 15) is 4.79 Å². The predicted octanol–water partition coefficient (Wildman–Crippen LogP) is 2.69. The minimum absolute atomic E-state index is 0.0404. The fourth-order valence-electron chi connectivity index (χ4n) is 3.44. The molecule has 1 unspecified atom stereocenters. The fraction of sp³-hybridized carbons (Fsp3) is 0.421. The Bertz CT molecular complexity index is 710. The van der Waals surface area contributed by atoms with Crippen molar-refractivity contribution in [1.82, 2.24) is 4.90 Å². The summed E-state index contributed by atoms with van der Waals surface area (Å²) >= 11 is 0. The normalized spacial score (nSPS) is 21.0. The quantitative estimate of drug-likeness (QED) is 0.845. The van der Waals surface area contributed by atoms with Crippen LogP contribution in [0.3, 0.4) is 0 Å². The van der Waals surface area contributed by atoms with E-state index in [-0.39, 0.29) is 11.9 Å². The van der Waals surface area contributed by atoms with Gasteiger partial charge in [-0.3, -0.25) is 9.69 Å². The maximum Gasteiger partial charge on any atom is 0.163 e. The number of nitrogens with zero attached hydrogens (tertiary/aromatic N) is 1. The van der Waals surface area contributed by atoms with Gasteiger partial charge in [0.25, 0.3) is 0 Å². The second kappa shape index (κ2) is 6.79. The molecule has 24 heavy (non-hydrogen) atoms. The average Bonchev–Trinajstić information content (AvgIpc) is 3.24. The third kappa shape index (κ3) is 3.23. The van der Waals surface area contributed by atoms with Gasteiger partial charge in [-0.15, -0.1) is 0 Å². The number of ketones is 1. The van der Waals surface area contributed by atoms with Crippen molar-refractivity contribution in [2.24, 2.45) is 0 Å². The molecule has 1 aromatic carbocycles. The van der Waals surface area contributed by atoms with Gasteiger partial charge in [-0.2, -0.15) is 0 Å². The fourth-order valence-corrected chi connectivity index (χ4v) is 3.44. The summed E-state index contributed by atoms with van der Waals surface area (Å²) in [5.41, 5.74) is 3.04. The van der Waals surface area contributed by atoms with E-state index >= 15 is 0 Å². The van der Waals surface area contributed by atoms with Crippen LogP contribution in [-0.4, -0.2) is 43.1 Å². The molecule has 1 atom stereocenters. The minimum atomic E-state index is 0.0404. The molecule has 0 bridgehead atoms. The Labute approximate surface area is 141 Å². The molecule has 126 valence electrons. The van der Waals surface area contributed by atoms with Gasteiger partial charge in [0.05, 0.1) is 19.1 Å². The number of morpholine rings is 1. The number of ether oxygens (including phenoxy) is 2. The van der Waals surface area contributed by atoms with Crippen molar-refractivity contribution in [3.05, 3.63) is 53.5 Å². The smallest absolute Gasteiger partial charge is 0.163 e. The Kier molecular flexibility index (Phi) is 4.36. The first-order chi connectivity index (χ1) is 11.8. The first-order valence-electron chi connectivity index (χ1n) is 8.42. The molecule has 0 N–H and O–H groups in total. The van der Waals surface area contributed by atoms with Crippen LogP contribution in [0.15, 0.2) is 41.2 Å². The molecule has 5 heteroatoms. The number of rotatable bonds is 5. The van der Waals surface area contributed by atoms with E-state index < -0.39 is 0 Å². The van der Waals surface area contributed by atoms with E-state index in [2.05, 4.69) is 4.90 Å². The van der Waals surface area contributed by atoms with Crippen LogP contribution in [0.5, 0.6) is 5.75 Å². The van der Waals surface area contributed by atoms with Gasteiger partial charge in [-0.25, -0.2) is 0 Å². The van der Waals surface area contributed by atoms with Crippen LogP contribution >= 0.6 is 0 Å². The second-order valence-electron chi connectivity index (χ2n) is 6.38. The number of carbonyl (C=O) groups is 1. The number of benzene rings is 1. The molecule has 4 rings (SSSR count). The van der Waals surface area contributed by atoms with Crippen LogP contribution in [0, 0.1) is 0 Å². The molecule has 1 aliphatic heterocycles. The summed E-state index contributed by atoms with van der Waals surface area (Å²) in [5, 5.41) is 0. The van der Waals surface area contributed by atoms with Gasteiger partial charge >= 0.3 is 0 Å². The van der Waals surface area contributed by atoms with Gasteiger partial charge in [0.2, 0.25) is 0 Å². The molecule has 2 aliphatic rings. The van der Waals surface area contributed by atoms with Crippen LogP contribution in [0.2, 0.25) is 0 Å². The molecule has 5 nitrogen and oxygen atoms in total. The number of hydrogen-bond donors (Lipinski definition) is 0. The Balaban J connectivity index is 1.35. The highest BCUT2D eigenvalue weighted by atomic mass is 16.5. The number of furan rings is 1. The molecule has 2 heterocycles. The van der Waals surface area contributed by atoms with Crippen molar-refractivity contribution >= 4 is 5.78 Å². The minimum Gasteiger partial charge on any atom is -0.491 e. The van der Waals surface area contributed by atoms with Gasteiger partial charge in [-0.05, 0) is 18.6 Å². The van der Waals surface area contributed by atoms with Crippen LogP contribution in [0.4, 0.5) is 0 Å². The van der Waals surface area contributed by atoms with Crippen molar-refractivity contribution < 1.29 is 18.7 Å². The summed E-state index contributed by atoms with van der Waals surface area (Å²) in [4.78, 5) is 14.2. The van der Waals surface area contributed by atoms with Gasteiger partial charge in [0.1, 0.15) is 18.5 Å². The van der Waals surface area contributed by atoms with Gasteiger partial charge in [-0.1, -0.05) is 12.1 Å². The lowest BCUT2D eigenvalue weighted by molar-refractivity contribution is -0.0505. The molecular formula is C19H21NO4. The highest BCUT2D eigenvalue weighted by Gasteiger charge is 2.25. The molecule has 1 saturated heterocycles. The summed E-state index contributed by atoms with van der Waals surface area (Å²) in [5.74, 6) is 1.05. The van der Waals surface area contributed by atoms with Crippen LogP contribution in [-0.2, 0) is 17.7 Å². The highest BCUT2D eigenvalue weighted by molar-refractivity contribution is 6.01. The summed E-state index contributed by atoms with van der Waals surface area (Å²) in [6.07, 6.45) is 4.90. The third-order valence-electron chi connectivity index (χ3n) is 4.67. The van der Waals surface area contributed by atoms with Crippen molar-refractivity contribution in [3.63, 3.8) is 0 Å². The highest BCUT2D eigenvalue weighted by Crippen LogP contribution is 2.30. The summed E-state index contributed by atoms with van der Waals surface area (Å²) in [7, 11) is 0. The van der Waals surface area contributed by atoms with Crippen molar-refractivity contribution in [1.29, 1.82) is 0 Å². The summed E-state index contributed by atoms with van der Waals surface area (Å²) < 4.78 is 17.0. The third-order valence-corrected chi connectivity index (χ3v) is 4.67. The van der Waals surface area contributed by atoms with E-state index in [4.69, 9.17) is 13.9 Å². The monoisotopic (exact) mass is 327 g/mol. The van der Waals surface area contributed by atoms with E-state index in [0.29, 0.717) is 19.6 Å². The van der Waals surface area contributed by atoms with Gasteiger partial charge < -0.3 is 13.9 Å². The zero-order valence-corrected chi connectivity index (χ0v) is 13.6. The first-order valence-corrected chi connectivity index (χ1v) is 8.42. The maximum atomic E-state index is 11.8. The Morgan fingerprint density at radius 3 is 3.08 bits per heavy atom. The topological polar surface area (TPSA) is 51.9 Å². The molecule has 1 fully saturated rings. The number of Topliss-reactive ketones (excluding diaryl/α,β-unsaturated/α-hetero) is 1.